The van der Waals surface area contributed by atoms with Crippen molar-refractivity contribution in [1.29, 1.82) is 0 Å². The molecule has 1 N–H and O–H groups in total. The van der Waals surface area contributed by atoms with E-state index in [1.165, 1.54) is 6.42 Å². The number of amides is 1. The van der Waals surface area contributed by atoms with Gasteiger partial charge in [0.25, 0.3) is 0 Å². The van der Waals surface area contributed by atoms with Gasteiger partial charge in [-0.1, -0.05) is 32.0 Å². The van der Waals surface area contributed by atoms with Gasteiger partial charge in [0, 0.05) is 6.04 Å². The zero-order valence-electron chi connectivity index (χ0n) is 11.1. The fourth-order valence-corrected chi connectivity index (χ4v) is 2.86. The maximum Gasteiger partial charge on any atom is 0.412 e. The van der Waals surface area contributed by atoms with E-state index in [-0.39, 0.29) is 12.1 Å². The molecule has 2 rings (SSSR count). The molecule has 1 amide bonds. The molecule has 1 fully saturated rings. The average Bonchev–Trinajstić information content (AvgIpc) is 2.28. The zero-order valence-corrected chi connectivity index (χ0v) is 11.1. The van der Waals surface area contributed by atoms with Crippen LogP contribution in [0.5, 0.6) is 5.75 Å². The van der Waals surface area contributed by atoms with Gasteiger partial charge in [-0.25, -0.2) is 4.79 Å². The van der Waals surface area contributed by atoms with Crippen molar-refractivity contribution < 1.29 is 9.53 Å². The molecule has 0 bridgehead atoms. The zero-order chi connectivity index (χ0) is 13.0. The quantitative estimate of drug-likeness (QED) is 0.867. The van der Waals surface area contributed by atoms with Crippen LogP contribution in [0.1, 0.15) is 33.1 Å². The molecular weight excluding hydrogens is 226 g/mol. The number of para-hydroxylation sites is 1. The summed E-state index contributed by atoms with van der Waals surface area (Å²) in [6.07, 6.45) is 3.02. The Balaban J connectivity index is 1.84. The van der Waals surface area contributed by atoms with Gasteiger partial charge in [0.05, 0.1) is 0 Å². The smallest absolute Gasteiger partial charge is 0.410 e. The van der Waals surface area contributed by atoms with Crippen molar-refractivity contribution in [2.24, 2.45) is 11.8 Å². The van der Waals surface area contributed by atoms with Crippen molar-refractivity contribution in [2.45, 2.75) is 39.2 Å². The largest absolute Gasteiger partial charge is 0.412 e. The summed E-state index contributed by atoms with van der Waals surface area (Å²) in [4.78, 5) is 11.8. The van der Waals surface area contributed by atoms with Gasteiger partial charge in [0.2, 0.25) is 0 Å². The van der Waals surface area contributed by atoms with E-state index in [1.54, 1.807) is 12.1 Å². The maximum absolute atomic E-state index is 11.8. The molecule has 98 valence electrons. The second kappa shape index (κ2) is 5.89. The van der Waals surface area contributed by atoms with E-state index >= 15 is 0 Å². The van der Waals surface area contributed by atoms with Crippen molar-refractivity contribution in [1.82, 2.24) is 5.32 Å². The van der Waals surface area contributed by atoms with Gasteiger partial charge < -0.3 is 10.1 Å². The molecule has 1 aliphatic rings. The van der Waals surface area contributed by atoms with E-state index in [4.69, 9.17) is 4.74 Å². The molecule has 0 radical (unpaired) electrons. The molecule has 1 aromatic carbocycles. The van der Waals surface area contributed by atoms with Gasteiger partial charge in [-0.3, -0.25) is 0 Å². The highest BCUT2D eigenvalue weighted by Crippen LogP contribution is 2.28. The molecule has 1 aromatic rings. The summed E-state index contributed by atoms with van der Waals surface area (Å²) in [6, 6.07) is 9.42. The van der Waals surface area contributed by atoms with Crippen LogP contribution in [0.15, 0.2) is 30.3 Å². The Morgan fingerprint density at radius 2 is 1.72 bits per heavy atom. The van der Waals surface area contributed by atoms with Crippen LogP contribution in [-0.4, -0.2) is 12.1 Å². The molecular formula is C15H21NO2. The molecule has 0 aliphatic heterocycles. The second-order valence-electron chi connectivity index (χ2n) is 5.46. The lowest BCUT2D eigenvalue weighted by Gasteiger charge is -2.31. The minimum atomic E-state index is -0.340. The Morgan fingerprint density at radius 1 is 1.11 bits per heavy atom. The lowest BCUT2D eigenvalue weighted by molar-refractivity contribution is 0.180. The summed E-state index contributed by atoms with van der Waals surface area (Å²) in [7, 11) is 0. The molecule has 3 nitrogen and oxygen atoms in total. The van der Waals surface area contributed by atoms with E-state index < -0.39 is 0 Å². The first-order valence-electron chi connectivity index (χ1n) is 6.67. The number of hydrogen-bond donors (Lipinski definition) is 1. The fraction of sp³-hybridized carbons (Fsp3) is 0.533. The summed E-state index contributed by atoms with van der Waals surface area (Å²) in [5.74, 6) is 1.94. The van der Waals surface area contributed by atoms with Crippen LogP contribution in [0.25, 0.3) is 0 Å². The lowest BCUT2D eigenvalue weighted by Crippen LogP contribution is -2.41. The lowest BCUT2D eigenvalue weighted by atomic mass is 9.80. The standard InChI is InChI=1S/C15H21NO2/c1-11-8-12(2)10-13(9-11)16-15(17)18-14-6-4-3-5-7-14/h3-7,11-13H,8-10H2,1-2H3,(H,16,17). The van der Waals surface area contributed by atoms with Crippen molar-refractivity contribution in [3.63, 3.8) is 0 Å². The topological polar surface area (TPSA) is 38.3 Å². The Labute approximate surface area is 109 Å². The van der Waals surface area contributed by atoms with Crippen LogP contribution in [-0.2, 0) is 0 Å². The minimum absolute atomic E-state index is 0.250. The summed E-state index contributed by atoms with van der Waals surface area (Å²) in [5.41, 5.74) is 0. The van der Waals surface area contributed by atoms with Crippen LogP contribution >= 0.6 is 0 Å². The number of carbonyl (C=O) groups is 1. The highest BCUT2D eigenvalue weighted by molar-refractivity contribution is 5.70. The molecule has 2 atom stereocenters. The van der Waals surface area contributed by atoms with Crippen LogP contribution < -0.4 is 10.1 Å². The Hall–Kier alpha value is -1.51. The van der Waals surface area contributed by atoms with Crippen LogP contribution in [0, 0.1) is 11.8 Å². The van der Waals surface area contributed by atoms with E-state index in [9.17, 15) is 4.79 Å². The van der Waals surface area contributed by atoms with Crippen molar-refractivity contribution >= 4 is 6.09 Å². The molecule has 3 heteroatoms. The predicted molar refractivity (Wildman–Crippen MR) is 71.6 cm³/mol. The normalized spacial score (nSPS) is 27.6. The molecule has 1 aliphatic carbocycles. The van der Waals surface area contributed by atoms with Crippen molar-refractivity contribution in [2.75, 3.05) is 0 Å². The van der Waals surface area contributed by atoms with E-state index in [2.05, 4.69) is 19.2 Å². The number of rotatable bonds is 2. The summed E-state index contributed by atoms with van der Waals surface area (Å²) >= 11 is 0. The first kappa shape index (κ1) is 12.9. The van der Waals surface area contributed by atoms with Gasteiger partial charge in [-0.05, 0) is 43.2 Å². The molecule has 2 unspecified atom stereocenters. The number of benzene rings is 1. The van der Waals surface area contributed by atoms with Crippen LogP contribution in [0.2, 0.25) is 0 Å². The SMILES string of the molecule is CC1CC(C)CC(NC(=O)Oc2ccccc2)C1. The number of hydrogen-bond acceptors (Lipinski definition) is 2. The highest BCUT2D eigenvalue weighted by atomic mass is 16.6. The molecule has 18 heavy (non-hydrogen) atoms. The van der Waals surface area contributed by atoms with Crippen molar-refractivity contribution in [3.05, 3.63) is 30.3 Å². The highest BCUT2D eigenvalue weighted by Gasteiger charge is 2.25. The van der Waals surface area contributed by atoms with E-state index in [1.807, 2.05) is 18.2 Å². The third-order valence-corrected chi connectivity index (χ3v) is 3.45. The first-order chi connectivity index (χ1) is 8.63. The fourth-order valence-electron chi connectivity index (χ4n) is 2.86. The predicted octanol–water partition coefficient (Wildman–Crippen LogP) is 3.60. The molecule has 0 spiro atoms. The van der Waals surface area contributed by atoms with Gasteiger partial charge >= 0.3 is 6.09 Å². The number of carbonyl (C=O) groups excluding carboxylic acids is 1. The Bertz CT molecular complexity index is 381. The minimum Gasteiger partial charge on any atom is -0.410 e. The third kappa shape index (κ3) is 3.76. The van der Waals surface area contributed by atoms with E-state index in [0.717, 1.165) is 12.8 Å². The van der Waals surface area contributed by atoms with Gasteiger partial charge in [0.1, 0.15) is 5.75 Å². The molecule has 0 aromatic heterocycles. The van der Waals surface area contributed by atoms with Gasteiger partial charge in [-0.2, -0.15) is 0 Å². The second-order valence-corrected chi connectivity index (χ2v) is 5.46. The van der Waals surface area contributed by atoms with Crippen LogP contribution in [0.3, 0.4) is 0 Å². The third-order valence-electron chi connectivity index (χ3n) is 3.45. The number of ether oxygens (including phenoxy) is 1. The monoisotopic (exact) mass is 247 g/mol. The number of nitrogens with one attached hydrogen (secondary N) is 1. The van der Waals surface area contributed by atoms with Gasteiger partial charge in [-0.15, -0.1) is 0 Å². The first-order valence-corrected chi connectivity index (χ1v) is 6.67. The van der Waals surface area contributed by atoms with E-state index in [0.29, 0.717) is 17.6 Å². The maximum atomic E-state index is 11.8. The summed E-state index contributed by atoms with van der Waals surface area (Å²) in [5, 5.41) is 2.97. The summed E-state index contributed by atoms with van der Waals surface area (Å²) < 4.78 is 5.24. The Kier molecular flexibility index (Phi) is 4.24. The molecule has 0 saturated heterocycles. The van der Waals surface area contributed by atoms with Crippen molar-refractivity contribution in [3.8, 4) is 5.75 Å². The summed E-state index contributed by atoms with van der Waals surface area (Å²) in [6.45, 7) is 4.49. The molecule has 0 heterocycles. The molecule has 1 saturated carbocycles. The van der Waals surface area contributed by atoms with Crippen LogP contribution in [0.4, 0.5) is 4.79 Å². The average molecular weight is 247 g/mol. The Morgan fingerprint density at radius 3 is 2.33 bits per heavy atom. The van der Waals surface area contributed by atoms with Gasteiger partial charge in [0.15, 0.2) is 0 Å².